The molecule has 0 bridgehead atoms. The maximum absolute atomic E-state index is 13.0. The second-order valence-electron chi connectivity index (χ2n) is 4.13. The Bertz CT molecular complexity index is 511. The Kier molecular flexibility index (Phi) is 3.99. The first kappa shape index (κ1) is 12.6. The number of aromatic nitrogens is 1. The van der Waals surface area contributed by atoms with Gasteiger partial charge in [-0.3, -0.25) is 4.98 Å². The van der Waals surface area contributed by atoms with Crippen LogP contribution < -0.4 is 5.32 Å². The number of nitrogens with zero attached hydrogens (tertiary/aromatic N) is 1. The first-order chi connectivity index (χ1) is 8.65. The van der Waals surface area contributed by atoms with Crippen LogP contribution >= 0.6 is 0 Å². The van der Waals surface area contributed by atoms with Crippen molar-refractivity contribution >= 4 is 0 Å². The van der Waals surface area contributed by atoms with E-state index in [2.05, 4.69) is 10.3 Å². The minimum absolute atomic E-state index is 0.0196. The molecule has 1 atom stereocenters. The Balaban J connectivity index is 1.96. The van der Waals surface area contributed by atoms with E-state index in [0.717, 1.165) is 11.3 Å². The molecule has 0 spiro atoms. The average Bonchev–Trinajstić information content (AvgIpc) is 2.37. The maximum atomic E-state index is 13.0. The fourth-order valence-corrected chi connectivity index (χ4v) is 1.67. The molecule has 0 saturated carbocycles. The van der Waals surface area contributed by atoms with Crippen LogP contribution in [0.3, 0.4) is 0 Å². The minimum atomic E-state index is -0.351. The highest BCUT2D eigenvalue weighted by atomic mass is 19.1. The molecule has 0 aliphatic carbocycles. The lowest BCUT2D eigenvalue weighted by Gasteiger charge is -2.13. The first-order valence-corrected chi connectivity index (χ1v) is 5.74. The van der Waals surface area contributed by atoms with Gasteiger partial charge < -0.3 is 5.32 Å². The molecule has 0 amide bonds. The minimum Gasteiger partial charge on any atom is -0.305 e. The SMILES string of the molecule is CC(NCc1cccc(F)c1)c1ccc(F)cn1. The van der Waals surface area contributed by atoms with Gasteiger partial charge in [-0.1, -0.05) is 12.1 Å². The average molecular weight is 248 g/mol. The highest BCUT2D eigenvalue weighted by Gasteiger charge is 2.06. The zero-order valence-electron chi connectivity index (χ0n) is 10.0. The Morgan fingerprint density at radius 2 is 2.00 bits per heavy atom. The molecular weight excluding hydrogens is 234 g/mol. The second-order valence-corrected chi connectivity index (χ2v) is 4.13. The van der Waals surface area contributed by atoms with Crippen LogP contribution in [0.15, 0.2) is 42.6 Å². The van der Waals surface area contributed by atoms with E-state index in [1.807, 2.05) is 13.0 Å². The molecule has 1 unspecified atom stereocenters. The monoisotopic (exact) mass is 248 g/mol. The lowest BCUT2D eigenvalue weighted by atomic mass is 10.1. The standard InChI is InChI=1S/C14H14F2N2/c1-10(14-6-5-13(16)9-18-14)17-8-11-3-2-4-12(15)7-11/h2-7,9-10,17H,8H2,1H3. The second kappa shape index (κ2) is 5.69. The molecule has 2 nitrogen and oxygen atoms in total. The molecule has 2 rings (SSSR count). The summed E-state index contributed by atoms with van der Waals surface area (Å²) in [5.41, 5.74) is 1.62. The first-order valence-electron chi connectivity index (χ1n) is 5.74. The van der Waals surface area contributed by atoms with Crippen molar-refractivity contribution in [1.29, 1.82) is 0 Å². The van der Waals surface area contributed by atoms with Crippen molar-refractivity contribution in [2.75, 3.05) is 0 Å². The number of benzene rings is 1. The Hall–Kier alpha value is -1.81. The summed E-state index contributed by atoms with van der Waals surface area (Å²) in [4.78, 5) is 4.00. The van der Waals surface area contributed by atoms with Crippen molar-refractivity contribution < 1.29 is 8.78 Å². The smallest absolute Gasteiger partial charge is 0.141 e. The summed E-state index contributed by atoms with van der Waals surface area (Å²) >= 11 is 0. The van der Waals surface area contributed by atoms with Crippen LogP contribution in [-0.4, -0.2) is 4.98 Å². The molecule has 0 saturated heterocycles. The third-order valence-corrected chi connectivity index (χ3v) is 2.70. The predicted octanol–water partition coefficient (Wildman–Crippen LogP) is 3.21. The Labute approximate surface area is 105 Å². The summed E-state index contributed by atoms with van der Waals surface area (Å²) < 4.78 is 25.7. The predicted molar refractivity (Wildman–Crippen MR) is 65.8 cm³/mol. The van der Waals surface area contributed by atoms with Crippen molar-refractivity contribution in [3.63, 3.8) is 0 Å². The molecule has 4 heteroatoms. The third kappa shape index (κ3) is 3.34. The number of halogens is 2. The van der Waals surface area contributed by atoms with Gasteiger partial charge in [0.1, 0.15) is 11.6 Å². The lowest BCUT2D eigenvalue weighted by Crippen LogP contribution is -2.19. The molecule has 0 radical (unpaired) electrons. The van der Waals surface area contributed by atoms with Gasteiger partial charge in [-0.05, 0) is 36.8 Å². The molecular formula is C14H14F2N2. The maximum Gasteiger partial charge on any atom is 0.141 e. The van der Waals surface area contributed by atoms with Crippen LogP contribution in [0, 0.1) is 11.6 Å². The van der Waals surface area contributed by atoms with E-state index in [-0.39, 0.29) is 17.7 Å². The zero-order valence-corrected chi connectivity index (χ0v) is 10.0. The van der Waals surface area contributed by atoms with E-state index >= 15 is 0 Å². The fraction of sp³-hybridized carbons (Fsp3) is 0.214. The molecule has 18 heavy (non-hydrogen) atoms. The summed E-state index contributed by atoms with van der Waals surface area (Å²) in [6.07, 6.45) is 1.19. The molecule has 1 heterocycles. The van der Waals surface area contributed by atoms with Gasteiger partial charge in [0.25, 0.3) is 0 Å². The van der Waals surface area contributed by atoms with E-state index in [1.54, 1.807) is 12.1 Å². The van der Waals surface area contributed by atoms with Crippen molar-refractivity contribution in [2.45, 2.75) is 19.5 Å². The van der Waals surface area contributed by atoms with Crippen molar-refractivity contribution in [1.82, 2.24) is 10.3 Å². The van der Waals surface area contributed by atoms with Crippen LogP contribution in [-0.2, 0) is 6.54 Å². The molecule has 0 fully saturated rings. The largest absolute Gasteiger partial charge is 0.305 e. The molecule has 0 aliphatic heterocycles. The number of nitrogens with one attached hydrogen (secondary N) is 1. The van der Waals surface area contributed by atoms with Gasteiger partial charge >= 0.3 is 0 Å². The van der Waals surface area contributed by atoms with Crippen LogP contribution in [0.4, 0.5) is 8.78 Å². The number of hydrogen-bond acceptors (Lipinski definition) is 2. The van der Waals surface area contributed by atoms with Crippen LogP contribution in [0.1, 0.15) is 24.2 Å². The Morgan fingerprint density at radius 3 is 2.67 bits per heavy atom. The summed E-state index contributed by atoms with van der Waals surface area (Å²) in [5, 5.41) is 3.21. The van der Waals surface area contributed by atoms with E-state index in [1.165, 1.54) is 24.4 Å². The highest BCUT2D eigenvalue weighted by Crippen LogP contribution is 2.11. The number of pyridine rings is 1. The Morgan fingerprint density at radius 1 is 1.17 bits per heavy atom. The van der Waals surface area contributed by atoms with E-state index in [0.29, 0.717) is 6.54 Å². The summed E-state index contributed by atoms with van der Waals surface area (Å²) in [6, 6.07) is 9.41. The van der Waals surface area contributed by atoms with Gasteiger partial charge in [0.05, 0.1) is 11.9 Å². The van der Waals surface area contributed by atoms with Gasteiger partial charge in [0.15, 0.2) is 0 Å². The molecule has 1 aromatic heterocycles. The normalized spacial score (nSPS) is 12.4. The van der Waals surface area contributed by atoms with Gasteiger partial charge in [-0.2, -0.15) is 0 Å². The highest BCUT2D eigenvalue weighted by molar-refractivity contribution is 5.16. The topological polar surface area (TPSA) is 24.9 Å². The summed E-state index contributed by atoms with van der Waals surface area (Å²) in [5.74, 6) is -0.599. The van der Waals surface area contributed by atoms with Crippen LogP contribution in [0.5, 0.6) is 0 Å². The summed E-state index contributed by atoms with van der Waals surface area (Å²) in [6.45, 7) is 2.47. The number of rotatable bonds is 4. The van der Waals surface area contributed by atoms with Crippen LogP contribution in [0.25, 0.3) is 0 Å². The van der Waals surface area contributed by atoms with Crippen molar-refractivity contribution in [2.24, 2.45) is 0 Å². The molecule has 94 valence electrons. The molecule has 1 N–H and O–H groups in total. The quantitative estimate of drug-likeness (QED) is 0.898. The van der Waals surface area contributed by atoms with Crippen molar-refractivity contribution in [3.05, 3.63) is 65.5 Å². The molecule has 1 aromatic carbocycles. The van der Waals surface area contributed by atoms with E-state index in [9.17, 15) is 8.78 Å². The number of hydrogen-bond donors (Lipinski definition) is 1. The van der Waals surface area contributed by atoms with Crippen molar-refractivity contribution in [3.8, 4) is 0 Å². The van der Waals surface area contributed by atoms with Crippen LogP contribution in [0.2, 0.25) is 0 Å². The zero-order chi connectivity index (χ0) is 13.0. The molecule has 0 aliphatic rings. The fourth-order valence-electron chi connectivity index (χ4n) is 1.67. The van der Waals surface area contributed by atoms with E-state index < -0.39 is 0 Å². The van der Waals surface area contributed by atoms with E-state index in [4.69, 9.17) is 0 Å². The lowest BCUT2D eigenvalue weighted by molar-refractivity contribution is 0.551. The van der Waals surface area contributed by atoms with Gasteiger partial charge in [-0.15, -0.1) is 0 Å². The van der Waals surface area contributed by atoms with Gasteiger partial charge in [0, 0.05) is 12.6 Å². The van der Waals surface area contributed by atoms with Gasteiger partial charge in [0.2, 0.25) is 0 Å². The third-order valence-electron chi connectivity index (χ3n) is 2.70. The summed E-state index contributed by atoms with van der Waals surface area (Å²) in [7, 11) is 0. The molecule has 2 aromatic rings. The van der Waals surface area contributed by atoms with Gasteiger partial charge in [-0.25, -0.2) is 8.78 Å².